The first kappa shape index (κ1) is 21.7. The molecule has 2 aliphatic rings. The normalized spacial score (nSPS) is 24.6. The molecule has 0 N–H and O–H groups in total. The second-order valence-corrected chi connectivity index (χ2v) is 11.0. The number of nitrogens with zero attached hydrogens (tertiary/aromatic N) is 1. The van der Waals surface area contributed by atoms with E-state index in [1.165, 1.54) is 10.4 Å². The third kappa shape index (κ3) is 3.80. The van der Waals surface area contributed by atoms with Crippen LogP contribution in [0.5, 0.6) is 0 Å². The van der Waals surface area contributed by atoms with E-state index < -0.39 is 27.6 Å². The summed E-state index contributed by atoms with van der Waals surface area (Å²) in [4.78, 5) is 13.4. The largest absolute Gasteiger partial charge is 0.339 e. The molecule has 0 bridgehead atoms. The average molecular weight is 438 g/mol. The van der Waals surface area contributed by atoms with Gasteiger partial charge in [0.05, 0.1) is 11.0 Å². The van der Waals surface area contributed by atoms with Gasteiger partial charge >= 0.3 is 0 Å². The molecule has 0 aromatic heterocycles. The predicted molar refractivity (Wildman–Crippen MR) is 120 cm³/mol. The van der Waals surface area contributed by atoms with E-state index in [1.54, 1.807) is 36.4 Å². The van der Waals surface area contributed by atoms with Gasteiger partial charge < -0.3 is 4.74 Å². The zero-order chi connectivity index (χ0) is 22.4. The molecule has 1 spiro atoms. The Kier molecular flexibility index (Phi) is 5.28. The van der Waals surface area contributed by atoms with E-state index in [0.717, 1.165) is 16.7 Å². The lowest BCUT2D eigenvalue weighted by atomic mass is 9.81. The van der Waals surface area contributed by atoms with Crippen molar-refractivity contribution in [1.29, 1.82) is 0 Å². The molecule has 0 amide bonds. The van der Waals surface area contributed by atoms with Crippen LogP contribution < -0.4 is 0 Å². The van der Waals surface area contributed by atoms with Gasteiger partial charge in [0.1, 0.15) is 0 Å². The van der Waals surface area contributed by atoms with Crippen molar-refractivity contribution in [1.82, 2.24) is 4.31 Å². The van der Waals surface area contributed by atoms with Crippen molar-refractivity contribution >= 4 is 15.8 Å². The summed E-state index contributed by atoms with van der Waals surface area (Å²) in [7, 11) is -4.00. The van der Waals surface area contributed by atoms with Crippen LogP contribution in [0.25, 0.3) is 0 Å². The van der Waals surface area contributed by atoms with Gasteiger partial charge in [0.2, 0.25) is 21.5 Å². The monoisotopic (exact) mass is 437 g/mol. The number of hydrogen-bond acceptors (Lipinski definition) is 4. The molecule has 162 valence electrons. The van der Waals surface area contributed by atoms with E-state index in [9.17, 15) is 13.2 Å². The van der Waals surface area contributed by atoms with Crippen molar-refractivity contribution < 1.29 is 17.9 Å². The van der Waals surface area contributed by atoms with Crippen molar-refractivity contribution in [3.63, 3.8) is 0 Å². The summed E-state index contributed by atoms with van der Waals surface area (Å²) in [5.74, 6) is -0.394. The van der Waals surface area contributed by atoms with Gasteiger partial charge in [-0.25, -0.2) is 8.42 Å². The maximum Gasteiger partial charge on any atom is 0.246 e. The Balaban J connectivity index is 1.88. The zero-order valence-electron chi connectivity index (χ0n) is 18.2. The second kappa shape index (κ2) is 7.55. The molecule has 4 rings (SSSR count). The summed E-state index contributed by atoms with van der Waals surface area (Å²) in [6, 6.07) is 16.1. The molecule has 0 saturated carbocycles. The van der Waals surface area contributed by atoms with E-state index in [4.69, 9.17) is 4.74 Å². The van der Waals surface area contributed by atoms with Gasteiger partial charge in [-0.05, 0) is 47.8 Å². The summed E-state index contributed by atoms with van der Waals surface area (Å²) < 4.78 is 35.0. The molecule has 2 aromatic carbocycles. The standard InChI is InChI=1S/C25H27NO4S/c1-18-10-13-21(14-11-18)31(28,29)26-17-22(19-8-6-5-7-9-19)30-25(26)16-20(24(2,3)4)12-15-23(25)27/h5-16,22H,17H2,1-4H3/t22-,25-/m0/s1. The number of aryl methyl sites for hydroxylation is 1. The second-order valence-electron chi connectivity index (χ2n) is 9.11. The lowest BCUT2D eigenvalue weighted by molar-refractivity contribution is -0.139. The van der Waals surface area contributed by atoms with Crippen molar-refractivity contribution in [3.05, 3.63) is 89.5 Å². The van der Waals surface area contributed by atoms with Crippen LogP contribution in [0.3, 0.4) is 0 Å². The maximum absolute atomic E-state index is 13.7. The Bertz CT molecular complexity index is 1160. The van der Waals surface area contributed by atoms with Crippen molar-refractivity contribution in [2.45, 2.75) is 44.4 Å². The molecule has 2 aromatic rings. The van der Waals surface area contributed by atoms with E-state index in [-0.39, 0.29) is 16.9 Å². The fraction of sp³-hybridized carbons (Fsp3) is 0.320. The first-order chi connectivity index (χ1) is 14.5. The Morgan fingerprint density at radius 3 is 2.26 bits per heavy atom. The van der Waals surface area contributed by atoms with Crippen LogP contribution in [0.4, 0.5) is 0 Å². The Morgan fingerprint density at radius 1 is 1.00 bits per heavy atom. The highest BCUT2D eigenvalue weighted by atomic mass is 32.2. The van der Waals surface area contributed by atoms with E-state index >= 15 is 0 Å². The molecule has 6 heteroatoms. The summed E-state index contributed by atoms with van der Waals surface area (Å²) in [5.41, 5.74) is 0.653. The quantitative estimate of drug-likeness (QED) is 0.706. The molecular formula is C25H27NO4S. The zero-order valence-corrected chi connectivity index (χ0v) is 19.0. The van der Waals surface area contributed by atoms with E-state index in [2.05, 4.69) is 0 Å². The fourth-order valence-electron chi connectivity index (χ4n) is 3.92. The summed E-state index contributed by atoms with van der Waals surface area (Å²) in [6.45, 7) is 8.02. The number of ketones is 1. The van der Waals surface area contributed by atoms with Crippen LogP contribution in [0, 0.1) is 12.3 Å². The fourth-order valence-corrected chi connectivity index (χ4v) is 5.53. The van der Waals surface area contributed by atoms with Gasteiger partial charge in [-0.3, -0.25) is 4.79 Å². The molecule has 0 radical (unpaired) electrons. The molecular weight excluding hydrogens is 410 g/mol. The number of rotatable bonds is 3. The minimum atomic E-state index is -4.00. The smallest absolute Gasteiger partial charge is 0.246 e. The Labute approximate surface area is 184 Å². The average Bonchev–Trinajstić information content (AvgIpc) is 3.11. The number of carbonyl (C=O) groups is 1. The van der Waals surface area contributed by atoms with Crippen LogP contribution in [0.1, 0.15) is 38.0 Å². The highest BCUT2D eigenvalue weighted by Gasteiger charge is 2.57. The van der Waals surface area contributed by atoms with Gasteiger partial charge in [0.25, 0.3) is 0 Å². The molecule has 5 nitrogen and oxygen atoms in total. The highest BCUT2D eigenvalue weighted by molar-refractivity contribution is 7.89. The molecule has 1 aliphatic heterocycles. The number of allylic oxidation sites excluding steroid dienone is 2. The molecule has 1 saturated heterocycles. The van der Waals surface area contributed by atoms with Crippen LogP contribution in [-0.4, -0.2) is 30.8 Å². The van der Waals surface area contributed by atoms with Crippen molar-refractivity contribution in [2.75, 3.05) is 6.54 Å². The van der Waals surface area contributed by atoms with Crippen LogP contribution in [-0.2, 0) is 19.6 Å². The first-order valence-corrected chi connectivity index (χ1v) is 11.8. The van der Waals surface area contributed by atoms with Gasteiger partial charge in [0.15, 0.2) is 0 Å². The SMILES string of the molecule is Cc1ccc(S(=O)(=O)N2C[C@@H](c3ccccc3)O[C@]23C=C(C(C)(C)C)C=CC3=O)cc1. The molecule has 31 heavy (non-hydrogen) atoms. The summed E-state index contributed by atoms with van der Waals surface area (Å²) >= 11 is 0. The van der Waals surface area contributed by atoms with E-state index in [0.29, 0.717) is 0 Å². The predicted octanol–water partition coefficient (Wildman–Crippen LogP) is 4.56. The number of benzene rings is 2. The highest BCUT2D eigenvalue weighted by Crippen LogP contribution is 2.45. The van der Waals surface area contributed by atoms with Gasteiger partial charge in [-0.2, -0.15) is 4.31 Å². The first-order valence-electron chi connectivity index (χ1n) is 10.3. The molecule has 1 fully saturated rings. The lowest BCUT2D eigenvalue weighted by Crippen LogP contribution is -2.53. The number of carbonyl (C=O) groups excluding carboxylic acids is 1. The van der Waals surface area contributed by atoms with Crippen LogP contribution in [0.15, 0.2) is 83.3 Å². The van der Waals surface area contributed by atoms with Crippen LogP contribution in [0.2, 0.25) is 0 Å². The minimum Gasteiger partial charge on any atom is -0.339 e. The number of hydrogen-bond donors (Lipinski definition) is 0. The third-order valence-electron chi connectivity index (χ3n) is 5.79. The third-order valence-corrected chi connectivity index (χ3v) is 7.66. The number of ether oxygens (including phenoxy) is 1. The summed E-state index contributed by atoms with van der Waals surface area (Å²) in [5, 5.41) is 0. The van der Waals surface area contributed by atoms with Gasteiger partial charge in [-0.1, -0.05) is 74.9 Å². The lowest BCUT2D eigenvalue weighted by Gasteiger charge is -2.36. The van der Waals surface area contributed by atoms with Gasteiger partial charge in [-0.15, -0.1) is 0 Å². The summed E-state index contributed by atoms with van der Waals surface area (Å²) in [6.07, 6.45) is 4.31. The van der Waals surface area contributed by atoms with Gasteiger partial charge in [0, 0.05) is 6.54 Å². The molecule has 2 atom stereocenters. The van der Waals surface area contributed by atoms with Crippen LogP contribution >= 0.6 is 0 Å². The topological polar surface area (TPSA) is 63.7 Å². The molecule has 1 aliphatic carbocycles. The minimum absolute atomic E-state index is 0.0493. The Morgan fingerprint density at radius 2 is 1.65 bits per heavy atom. The Hall–Kier alpha value is -2.54. The molecule has 0 unspecified atom stereocenters. The van der Waals surface area contributed by atoms with Crippen molar-refractivity contribution in [2.24, 2.45) is 5.41 Å². The van der Waals surface area contributed by atoms with E-state index in [1.807, 2.05) is 58.0 Å². The molecule has 1 heterocycles. The maximum atomic E-state index is 13.7. The number of sulfonamides is 1. The van der Waals surface area contributed by atoms with Crippen molar-refractivity contribution in [3.8, 4) is 0 Å².